The van der Waals surface area contributed by atoms with Gasteiger partial charge in [0.2, 0.25) is 0 Å². The minimum atomic E-state index is -1.02. The van der Waals surface area contributed by atoms with Crippen LogP contribution in [-0.4, -0.2) is 16.1 Å². The molecule has 110 valence electrons. The van der Waals surface area contributed by atoms with Crippen molar-refractivity contribution in [3.8, 4) is 0 Å². The number of nitrogens with one attached hydrogen (secondary N) is 1. The van der Waals surface area contributed by atoms with Crippen molar-refractivity contribution >= 4 is 45.0 Å². The standard InChI is InChI=1S/C15H14BrClN2O2/c1-7-5-10(16)12(6-11(7)17)19-14-13(15(20)21)8(2)4-9(3)18-14/h4-6H,1-3H3,(H,18,19)(H,20,21). The normalized spacial score (nSPS) is 10.5. The lowest BCUT2D eigenvalue weighted by molar-refractivity contribution is 0.0697. The maximum Gasteiger partial charge on any atom is 0.339 e. The molecule has 0 aliphatic heterocycles. The van der Waals surface area contributed by atoms with Crippen LogP contribution < -0.4 is 5.32 Å². The van der Waals surface area contributed by atoms with Crippen molar-refractivity contribution in [2.24, 2.45) is 0 Å². The van der Waals surface area contributed by atoms with Gasteiger partial charge in [-0.3, -0.25) is 0 Å². The Morgan fingerprint density at radius 3 is 2.52 bits per heavy atom. The Bertz CT molecular complexity index is 732. The number of aromatic nitrogens is 1. The molecule has 0 aliphatic carbocycles. The van der Waals surface area contributed by atoms with Gasteiger partial charge in [-0.2, -0.15) is 0 Å². The number of benzene rings is 1. The summed E-state index contributed by atoms with van der Waals surface area (Å²) in [6.07, 6.45) is 0. The number of nitrogens with zero attached hydrogens (tertiary/aromatic N) is 1. The quantitative estimate of drug-likeness (QED) is 0.810. The van der Waals surface area contributed by atoms with Gasteiger partial charge in [0.25, 0.3) is 0 Å². The number of aromatic carboxylic acids is 1. The highest BCUT2D eigenvalue weighted by atomic mass is 79.9. The van der Waals surface area contributed by atoms with Crippen molar-refractivity contribution in [3.63, 3.8) is 0 Å². The molecule has 21 heavy (non-hydrogen) atoms. The molecule has 4 nitrogen and oxygen atoms in total. The number of carbonyl (C=O) groups is 1. The van der Waals surface area contributed by atoms with Crippen LogP contribution >= 0.6 is 27.5 Å². The fourth-order valence-corrected chi connectivity index (χ4v) is 2.79. The van der Waals surface area contributed by atoms with Crippen LogP contribution in [0.4, 0.5) is 11.5 Å². The monoisotopic (exact) mass is 368 g/mol. The van der Waals surface area contributed by atoms with Crippen molar-refractivity contribution in [2.75, 3.05) is 5.32 Å². The Morgan fingerprint density at radius 1 is 1.24 bits per heavy atom. The zero-order chi connectivity index (χ0) is 15.7. The molecule has 0 bridgehead atoms. The summed E-state index contributed by atoms with van der Waals surface area (Å²) in [7, 11) is 0. The molecule has 2 rings (SSSR count). The van der Waals surface area contributed by atoms with Crippen molar-refractivity contribution < 1.29 is 9.90 Å². The number of pyridine rings is 1. The van der Waals surface area contributed by atoms with E-state index in [2.05, 4.69) is 26.2 Å². The zero-order valence-corrected chi connectivity index (χ0v) is 14.1. The summed E-state index contributed by atoms with van der Waals surface area (Å²) >= 11 is 9.56. The number of aryl methyl sites for hydroxylation is 3. The molecule has 2 N–H and O–H groups in total. The fraction of sp³-hybridized carbons (Fsp3) is 0.200. The van der Waals surface area contributed by atoms with Crippen LogP contribution in [0.5, 0.6) is 0 Å². The highest BCUT2D eigenvalue weighted by Gasteiger charge is 2.17. The van der Waals surface area contributed by atoms with Crippen LogP contribution in [0.15, 0.2) is 22.7 Å². The van der Waals surface area contributed by atoms with Gasteiger partial charge in [0.1, 0.15) is 11.4 Å². The lowest BCUT2D eigenvalue weighted by atomic mass is 10.1. The van der Waals surface area contributed by atoms with E-state index in [4.69, 9.17) is 11.6 Å². The number of hydrogen-bond acceptors (Lipinski definition) is 3. The summed E-state index contributed by atoms with van der Waals surface area (Å²) in [4.78, 5) is 15.7. The first-order valence-corrected chi connectivity index (χ1v) is 7.41. The van der Waals surface area contributed by atoms with Crippen LogP contribution in [-0.2, 0) is 0 Å². The molecule has 0 radical (unpaired) electrons. The first-order valence-electron chi connectivity index (χ1n) is 6.23. The van der Waals surface area contributed by atoms with Gasteiger partial charge < -0.3 is 10.4 Å². The average Bonchev–Trinajstić information content (AvgIpc) is 2.34. The Labute approximate surface area is 136 Å². The number of carboxylic acid groups (broad SMARTS) is 1. The van der Waals surface area contributed by atoms with E-state index in [0.29, 0.717) is 22.1 Å². The Kier molecular flexibility index (Phi) is 4.54. The van der Waals surface area contributed by atoms with E-state index in [1.165, 1.54) is 0 Å². The molecule has 0 saturated heterocycles. The fourth-order valence-electron chi connectivity index (χ4n) is 2.07. The average molecular weight is 370 g/mol. The van der Waals surface area contributed by atoms with Crippen LogP contribution in [0.1, 0.15) is 27.2 Å². The lowest BCUT2D eigenvalue weighted by Crippen LogP contribution is -2.08. The van der Waals surface area contributed by atoms with Crippen molar-refractivity contribution in [1.29, 1.82) is 0 Å². The van der Waals surface area contributed by atoms with E-state index in [1.54, 1.807) is 19.1 Å². The second-order valence-electron chi connectivity index (χ2n) is 4.82. The van der Waals surface area contributed by atoms with Crippen LogP contribution in [0.2, 0.25) is 5.02 Å². The highest BCUT2D eigenvalue weighted by Crippen LogP contribution is 2.32. The molecule has 2 aromatic rings. The molecule has 6 heteroatoms. The molecule has 1 aromatic carbocycles. The molecule has 0 aliphatic rings. The second kappa shape index (κ2) is 6.03. The van der Waals surface area contributed by atoms with E-state index < -0.39 is 5.97 Å². The Balaban J connectivity index is 2.54. The summed E-state index contributed by atoms with van der Waals surface area (Å²) in [6.45, 7) is 5.47. The molecular formula is C15H14BrClN2O2. The van der Waals surface area contributed by atoms with Gasteiger partial charge in [-0.05, 0) is 66.0 Å². The van der Waals surface area contributed by atoms with Crippen molar-refractivity contribution in [2.45, 2.75) is 20.8 Å². The number of carboxylic acids is 1. The second-order valence-corrected chi connectivity index (χ2v) is 6.08. The van der Waals surface area contributed by atoms with Gasteiger partial charge in [-0.15, -0.1) is 0 Å². The van der Waals surface area contributed by atoms with Crippen LogP contribution in [0.25, 0.3) is 0 Å². The first-order chi connectivity index (χ1) is 9.79. The molecular weight excluding hydrogens is 356 g/mol. The largest absolute Gasteiger partial charge is 0.478 e. The third-order valence-electron chi connectivity index (χ3n) is 3.06. The maximum absolute atomic E-state index is 11.4. The molecule has 0 atom stereocenters. The minimum Gasteiger partial charge on any atom is -0.478 e. The minimum absolute atomic E-state index is 0.157. The molecule has 0 saturated carbocycles. The molecule has 0 amide bonds. The zero-order valence-electron chi connectivity index (χ0n) is 11.8. The van der Waals surface area contributed by atoms with Gasteiger partial charge in [0, 0.05) is 15.2 Å². The highest BCUT2D eigenvalue weighted by molar-refractivity contribution is 9.10. The number of anilines is 2. The van der Waals surface area contributed by atoms with Gasteiger partial charge in [0.15, 0.2) is 0 Å². The number of halogens is 2. The third-order valence-corrected chi connectivity index (χ3v) is 4.12. The van der Waals surface area contributed by atoms with E-state index in [1.807, 2.05) is 19.9 Å². The Morgan fingerprint density at radius 2 is 1.90 bits per heavy atom. The van der Waals surface area contributed by atoms with E-state index in [9.17, 15) is 9.90 Å². The number of rotatable bonds is 3. The van der Waals surface area contributed by atoms with Gasteiger partial charge >= 0.3 is 5.97 Å². The summed E-state index contributed by atoms with van der Waals surface area (Å²) in [6, 6.07) is 5.35. The van der Waals surface area contributed by atoms with Crippen LogP contribution in [0.3, 0.4) is 0 Å². The smallest absolute Gasteiger partial charge is 0.339 e. The summed E-state index contributed by atoms with van der Waals surface area (Å²) in [5, 5.41) is 13.0. The molecule has 0 spiro atoms. The van der Waals surface area contributed by atoms with Crippen molar-refractivity contribution in [3.05, 3.63) is 50.1 Å². The predicted molar refractivity (Wildman–Crippen MR) is 87.8 cm³/mol. The maximum atomic E-state index is 11.4. The predicted octanol–water partition coefficient (Wildman–Crippen LogP) is 4.86. The van der Waals surface area contributed by atoms with Gasteiger partial charge in [-0.1, -0.05) is 11.6 Å². The molecule has 0 unspecified atom stereocenters. The topological polar surface area (TPSA) is 62.2 Å². The summed E-state index contributed by atoms with van der Waals surface area (Å²) in [5.41, 5.74) is 3.16. The lowest BCUT2D eigenvalue weighted by Gasteiger charge is -2.14. The van der Waals surface area contributed by atoms with E-state index >= 15 is 0 Å². The number of hydrogen-bond donors (Lipinski definition) is 2. The van der Waals surface area contributed by atoms with Crippen molar-refractivity contribution in [1.82, 2.24) is 4.98 Å². The van der Waals surface area contributed by atoms with Gasteiger partial charge in [0.05, 0.1) is 5.69 Å². The third kappa shape index (κ3) is 3.36. The Hall–Kier alpha value is -1.59. The molecule has 1 aromatic heterocycles. The summed E-state index contributed by atoms with van der Waals surface area (Å²) in [5.74, 6) is -0.711. The molecule has 0 fully saturated rings. The van der Waals surface area contributed by atoms with E-state index in [-0.39, 0.29) is 5.56 Å². The molecule has 1 heterocycles. The summed E-state index contributed by atoms with van der Waals surface area (Å²) < 4.78 is 0.793. The first kappa shape index (κ1) is 15.8. The SMILES string of the molecule is Cc1cc(C)c(C(=O)O)c(Nc2cc(Cl)c(C)cc2Br)n1. The van der Waals surface area contributed by atoms with E-state index in [0.717, 1.165) is 15.7 Å². The van der Waals surface area contributed by atoms with Gasteiger partial charge in [-0.25, -0.2) is 9.78 Å². The van der Waals surface area contributed by atoms with Crippen LogP contribution in [0, 0.1) is 20.8 Å².